The predicted octanol–water partition coefficient (Wildman–Crippen LogP) is 5.68. The monoisotopic (exact) mass is 476 g/mol. The number of esters is 1. The van der Waals surface area contributed by atoms with Crippen molar-refractivity contribution in [3.63, 3.8) is 0 Å². The van der Waals surface area contributed by atoms with Gasteiger partial charge in [0.05, 0.1) is 24.5 Å². The van der Waals surface area contributed by atoms with Crippen LogP contribution in [0, 0.1) is 5.92 Å². The molecule has 0 spiro atoms. The van der Waals surface area contributed by atoms with Gasteiger partial charge in [0.1, 0.15) is 11.6 Å². The molecule has 0 aromatic heterocycles. The van der Waals surface area contributed by atoms with Gasteiger partial charge >= 0.3 is 18.1 Å². The lowest BCUT2D eigenvalue weighted by Crippen LogP contribution is -2.51. The fourth-order valence-corrected chi connectivity index (χ4v) is 3.30. The summed E-state index contributed by atoms with van der Waals surface area (Å²) in [6, 6.07) is 10.7. The quantitative estimate of drug-likeness (QED) is 0.458. The molecule has 10 heteroatoms. The Kier molecular flexibility index (Phi) is 5.66. The Balaban J connectivity index is 2.28. The van der Waals surface area contributed by atoms with E-state index in [9.17, 15) is 26.7 Å². The highest BCUT2D eigenvalue weighted by Gasteiger charge is 2.65. The van der Waals surface area contributed by atoms with Crippen LogP contribution in [0.5, 0.6) is 0 Å². The Morgan fingerprint density at radius 1 is 1.07 bits per heavy atom. The molecule has 2 aromatic rings. The van der Waals surface area contributed by atoms with Crippen LogP contribution in [0.3, 0.4) is 0 Å². The second kappa shape index (κ2) is 7.74. The first-order chi connectivity index (χ1) is 13.6. The molecule has 0 aliphatic carbocycles. The molecular weight excluding hydrogens is 463 g/mol. The molecule has 2 atom stereocenters. The number of carbonyl (C=O) groups excluding carboxylic acids is 1. The Labute approximate surface area is 170 Å². The number of carbonyl (C=O) groups is 1. The molecule has 0 saturated carbocycles. The maximum Gasteiger partial charge on any atom is 0.459 e. The highest BCUT2D eigenvalue weighted by atomic mass is 79.9. The van der Waals surface area contributed by atoms with Gasteiger partial charge in [0.15, 0.2) is 0 Å². The van der Waals surface area contributed by atoms with E-state index in [4.69, 9.17) is 0 Å². The number of benzene rings is 2. The number of nitrogens with zero attached hydrogens (tertiary/aromatic N) is 1. The first-order valence-electron chi connectivity index (χ1n) is 8.28. The van der Waals surface area contributed by atoms with Gasteiger partial charge in [0, 0.05) is 4.47 Å². The summed E-state index contributed by atoms with van der Waals surface area (Å²) in [6.07, 6.45) is -5.94. The van der Waals surface area contributed by atoms with Crippen LogP contribution in [0.25, 0.3) is 0 Å². The standard InChI is InChI=1S/C19H14BrF5N2O2/c1-29-17(28)14-15(10-6-8-11(20)9-7-10)26-12-4-2-3-5-13(12)27-16(14)18(21,22)19(23,24)25/h2-9,14-15,26H,1H3/t14-,15+/m0/s1. The highest BCUT2D eigenvalue weighted by molar-refractivity contribution is 9.10. The number of nitrogens with one attached hydrogen (secondary N) is 1. The molecule has 29 heavy (non-hydrogen) atoms. The van der Waals surface area contributed by atoms with Crippen molar-refractivity contribution in [2.75, 3.05) is 12.4 Å². The van der Waals surface area contributed by atoms with Gasteiger partial charge in [-0.1, -0.05) is 40.2 Å². The van der Waals surface area contributed by atoms with Gasteiger partial charge in [-0.25, -0.2) is 4.99 Å². The average molecular weight is 477 g/mol. The molecule has 2 aromatic carbocycles. The SMILES string of the molecule is COC(=O)[C@@H]1C(C(F)(F)C(F)(F)F)=Nc2ccccc2N[C@@H]1c1ccc(Br)cc1. The third-order valence-electron chi connectivity index (χ3n) is 4.45. The lowest BCUT2D eigenvalue weighted by Gasteiger charge is -2.30. The normalized spacial score (nSPS) is 19.5. The fourth-order valence-electron chi connectivity index (χ4n) is 3.03. The van der Waals surface area contributed by atoms with Crippen LogP contribution >= 0.6 is 15.9 Å². The number of anilines is 1. The van der Waals surface area contributed by atoms with Crippen LogP contribution < -0.4 is 5.32 Å². The largest absolute Gasteiger partial charge is 0.468 e. The number of ether oxygens (including phenoxy) is 1. The van der Waals surface area contributed by atoms with Crippen LogP contribution in [0.15, 0.2) is 58.0 Å². The van der Waals surface area contributed by atoms with Gasteiger partial charge in [0.2, 0.25) is 0 Å². The molecule has 0 bridgehead atoms. The molecule has 0 saturated heterocycles. The highest BCUT2D eigenvalue weighted by Crippen LogP contribution is 2.46. The van der Waals surface area contributed by atoms with Crippen LogP contribution in [0.2, 0.25) is 0 Å². The molecule has 0 amide bonds. The van der Waals surface area contributed by atoms with Gasteiger partial charge < -0.3 is 10.1 Å². The van der Waals surface area contributed by atoms with E-state index in [0.29, 0.717) is 10.0 Å². The lowest BCUT2D eigenvalue weighted by atomic mass is 9.86. The second-order valence-electron chi connectivity index (χ2n) is 6.26. The van der Waals surface area contributed by atoms with Crippen molar-refractivity contribution in [1.29, 1.82) is 0 Å². The fraction of sp³-hybridized carbons (Fsp3) is 0.263. The first kappa shape index (κ1) is 21.2. The number of methoxy groups -OCH3 is 1. The van der Waals surface area contributed by atoms with E-state index in [2.05, 4.69) is 31.0 Å². The minimum atomic E-state index is -5.94. The molecule has 154 valence electrons. The van der Waals surface area contributed by atoms with Crippen molar-refractivity contribution in [3.8, 4) is 0 Å². The second-order valence-corrected chi connectivity index (χ2v) is 7.18. The smallest absolute Gasteiger partial charge is 0.459 e. The number of halogens is 6. The topological polar surface area (TPSA) is 50.7 Å². The van der Waals surface area contributed by atoms with Gasteiger partial charge in [-0.3, -0.25) is 4.79 Å². The van der Waals surface area contributed by atoms with Crippen LogP contribution in [0.4, 0.5) is 33.3 Å². The van der Waals surface area contributed by atoms with Crippen molar-refractivity contribution >= 4 is 39.0 Å². The molecule has 0 unspecified atom stereocenters. The van der Waals surface area contributed by atoms with Crippen molar-refractivity contribution in [1.82, 2.24) is 0 Å². The number of aliphatic imine (C=N–C) groups is 1. The summed E-state index contributed by atoms with van der Waals surface area (Å²) in [7, 11) is 0.919. The van der Waals surface area contributed by atoms with Crippen LogP contribution in [-0.2, 0) is 9.53 Å². The van der Waals surface area contributed by atoms with Gasteiger partial charge in [0.25, 0.3) is 0 Å². The maximum absolute atomic E-state index is 14.5. The summed E-state index contributed by atoms with van der Waals surface area (Å²) in [5, 5.41) is 2.88. The summed E-state index contributed by atoms with van der Waals surface area (Å²) in [5.74, 6) is -8.63. The van der Waals surface area contributed by atoms with Crippen LogP contribution in [0.1, 0.15) is 11.6 Å². The molecule has 1 heterocycles. The molecule has 4 nitrogen and oxygen atoms in total. The zero-order chi connectivity index (χ0) is 21.4. The van der Waals surface area contributed by atoms with E-state index < -0.39 is 35.7 Å². The van der Waals surface area contributed by atoms with E-state index in [1.165, 1.54) is 30.3 Å². The summed E-state index contributed by atoms with van der Waals surface area (Å²) in [4.78, 5) is 16.0. The predicted molar refractivity (Wildman–Crippen MR) is 101 cm³/mol. The summed E-state index contributed by atoms with van der Waals surface area (Å²) >= 11 is 3.23. The zero-order valence-corrected chi connectivity index (χ0v) is 16.4. The molecule has 1 aliphatic rings. The van der Waals surface area contributed by atoms with Crippen molar-refractivity contribution < 1.29 is 31.5 Å². The third kappa shape index (κ3) is 3.98. The molecule has 0 fully saturated rings. The lowest BCUT2D eigenvalue weighted by molar-refractivity contribution is -0.250. The molecule has 1 aliphatic heterocycles. The third-order valence-corrected chi connectivity index (χ3v) is 4.97. The van der Waals surface area contributed by atoms with Crippen molar-refractivity contribution in [2.24, 2.45) is 10.9 Å². The molecule has 1 N–H and O–H groups in total. The Morgan fingerprint density at radius 2 is 1.69 bits per heavy atom. The number of alkyl halides is 5. The minimum Gasteiger partial charge on any atom is -0.468 e. The van der Waals surface area contributed by atoms with E-state index in [-0.39, 0.29) is 11.4 Å². The first-order valence-corrected chi connectivity index (χ1v) is 9.08. The van der Waals surface area contributed by atoms with Crippen molar-refractivity contribution in [3.05, 3.63) is 58.6 Å². The van der Waals surface area contributed by atoms with Crippen molar-refractivity contribution in [2.45, 2.75) is 18.1 Å². The molecule has 0 radical (unpaired) electrons. The van der Waals surface area contributed by atoms with E-state index in [1.54, 1.807) is 18.2 Å². The van der Waals surface area contributed by atoms with E-state index in [0.717, 1.165) is 7.11 Å². The summed E-state index contributed by atoms with van der Waals surface area (Å²) in [5.41, 5.74) is -1.24. The van der Waals surface area contributed by atoms with E-state index in [1.807, 2.05) is 0 Å². The Morgan fingerprint density at radius 3 is 2.28 bits per heavy atom. The number of hydrogen-bond acceptors (Lipinski definition) is 4. The number of hydrogen-bond donors (Lipinski definition) is 1. The summed E-state index contributed by atoms with van der Waals surface area (Å²) < 4.78 is 74.0. The van der Waals surface area contributed by atoms with Crippen LogP contribution in [-0.4, -0.2) is 30.9 Å². The minimum absolute atomic E-state index is 0.139. The average Bonchev–Trinajstić information content (AvgIpc) is 2.84. The Hall–Kier alpha value is -2.49. The van der Waals surface area contributed by atoms with Gasteiger partial charge in [-0.05, 0) is 29.8 Å². The Bertz CT molecular complexity index is 944. The summed E-state index contributed by atoms with van der Waals surface area (Å²) in [6.45, 7) is 0. The van der Waals surface area contributed by atoms with E-state index >= 15 is 0 Å². The molecular formula is C19H14BrF5N2O2. The zero-order valence-electron chi connectivity index (χ0n) is 14.8. The maximum atomic E-state index is 14.5. The number of para-hydroxylation sites is 2. The number of rotatable bonds is 3. The molecule has 3 rings (SSSR count). The van der Waals surface area contributed by atoms with Gasteiger partial charge in [-0.15, -0.1) is 0 Å². The number of fused-ring (bicyclic) bond motifs is 1. The van der Waals surface area contributed by atoms with Gasteiger partial charge in [-0.2, -0.15) is 22.0 Å².